The summed E-state index contributed by atoms with van der Waals surface area (Å²) >= 11 is 0. The van der Waals surface area contributed by atoms with E-state index in [1.54, 1.807) is 38.4 Å². The van der Waals surface area contributed by atoms with Crippen LogP contribution in [0, 0.1) is 5.92 Å². The summed E-state index contributed by atoms with van der Waals surface area (Å²) < 4.78 is 31.7. The van der Waals surface area contributed by atoms with E-state index < -0.39 is 36.9 Å². The molecule has 3 N–H and O–H groups in total. The van der Waals surface area contributed by atoms with Crippen LogP contribution in [0.5, 0.6) is 5.75 Å². The first kappa shape index (κ1) is 22.1. The third-order valence-corrected chi connectivity index (χ3v) is 4.47. The highest BCUT2D eigenvalue weighted by atomic mass is 35.5. The van der Waals surface area contributed by atoms with E-state index in [4.69, 9.17) is 10.5 Å². The molecule has 9 heteroatoms. The third kappa shape index (κ3) is 5.04. The Morgan fingerprint density at radius 2 is 2.00 bits per heavy atom. The average molecular weight is 392 g/mol. The molecule has 2 unspecified atom stereocenters. The van der Waals surface area contributed by atoms with Gasteiger partial charge < -0.3 is 20.7 Å². The maximum Gasteiger partial charge on any atom is 0.277 e. The van der Waals surface area contributed by atoms with Crippen LogP contribution in [0.2, 0.25) is 0 Å². The average Bonchev–Trinajstić information content (AvgIpc) is 2.62. The van der Waals surface area contributed by atoms with Crippen LogP contribution < -0.4 is 15.8 Å². The molecule has 1 aliphatic rings. The van der Waals surface area contributed by atoms with E-state index in [1.165, 1.54) is 4.90 Å². The van der Waals surface area contributed by atoms with Gasteiger partial charge in [0.25, 0.3) is 5.92 Å². The number of carbonyl (C=O) groups is 2. The number of likely N-dealkylation sites (tertiary alicyclic amines) is 1. The second kappa shape index (κ2) is 9.14. The zero-order valence-corrected chi connectivity index (χ0v) is 15.5. The van der Waals surface area contributed by atoms with Gasteiger partial charge >= 0.3 is 0 Å². The fraction of sp³-hybridized carbons (Fsp3) is 0.529. The molecule has 1 heterocycles. The van der Waals surface area contributed by atoms with Crippen molar-refractivity contribution in [3.63, 3.8) is 0 Å². The van der Waals surface area contributed by atoms with Crippen molar-refractivity contribution in [1.29, 1.82) is 0 Å². The maximum absolute atomic E-state index is 13.3. The molecule has 0 spiro atoms. The van der Waals surface area contributed by atoms with Crippen molar-refractivity contribution in [1.82, 2.24) is 10.2 Å². The summed E-state index contributed by atoms with van der Waals surface area (Å²) in [7, 11) is 3.16. The second-order valence-corrected chi connectivity index (χ2v) is 6.15. The normalized spacial score (nSPS) is 20.3. The molecule has 1 saturated heterocycles. The molecule has 146 valence electrons. The minimum Gasteiger partial charge on any atom is -0.497 e. The number of benzene rings is 1. The predicted octanol–water partition coefficient (Wildman–Crippen LogP) is 1.74. The number of ether oxygens (including phenoxy) is 1. The summed E-state index contributed by atoms with van der Waals surface area (Å²) in [5.41, 5.74) is 5.74. The number of nitrogens with zero attached hydrogens (tertiary/aromatic N) is 1. The lowest BCUT2D eigenvalue weighted by atomic mass is 9.84. The van der Waals surface area contributed by atoms with Gasteiger partial charge in [0, 0.05) is 13.5 Å². The van der Waals surface area contributed by atoms with Crippen molar-refractivity contribution >= 4 is 24.2 Å². The first-order valence-electron chi connectivity index (χ1n) is 8.04. The van der Waals surface area contributed by atoms with Crippen LogP contribution in [0.1, 0.15) is 24.4 Å². The quantitative estimate of drug-likeness (QED) is 0.773. The van der Waals surface area contributed by atoms with Gasteiger partial charge in [0.15, 0.2) is 0 Å². The highest BCUT2D eigenvalue weighted by Crippen LogP contribution is 2.36. The lowest BCUT2D eigenvalue weighted by Crippen LogP contribution is -2.49. The van der Waals surface area contributed by atoms with Crippen LogP contribution in [-0.2, 0) is 9.59 Å². The molecule has 0 bridgehead atoms. The Morgan fingerprint density at radius 1 is 1.38 bits per heavy atom. The van der Waals surface area contributed by atoms with Gasteiger partial charge in [0.1, 0.15) is 5.75 Å². The smallest absolute Gasteiger partial charge is 0.277 e. The lowest BCUT2D eigenvalue weighted by molar-refractivity contribution is -0.142. The Balaban J connectivity index is 0.00000338. The molecule has 0 aromatic heterocycles. The molecule has 2 amide bonds. The maximum atomic E-state index is 13.3. The monoisotopic (exact) mass is 391 g/mol. The van der Waals surface area contributed by atoms with Crippen LogP contribution in [0.3, 0.4) is 0 Å². The number of alkyl halides is 2. The van der Waals surface area contributed by atoms with Crippen LogP contribution in [-0.4, -0.2) is 49.9 Å². The standard InChI is InChI=1S/C17H23F2N3O3.ClH/c1-22-14(23)8-7-13(16(24)21-10-17(18,19)9-20)15(22)11-3-5-12(25-2)6-4-11;/h3-6,13,15H,7-10,20H2,1-2H3,(H,21,24);1H. The van der Waals surface area contributed by atoms with E-state index in [0.29, 0.717) is 12.2 Å². The van der Waals surface area contributed by atoms with Crippen molar-refractivity contribution in [2.75, 3.05) is 27.2 Å². The molecule has 6 nitrogen and oxygen atoms in total. The highest BCUT2D eigenvalue weighted by molar-refractivity contribution is 5.85. The molecule has 2 rings (SSSR count). The highest BCUT2D eigenvalue weighted by Gasteiger charge is 2.39. The molecular weight excluding hydrogens is 368 g/mol. The van der Waals surface area contributed by atoms with E-state index in [-0.39, 0.29) is 24.7 Å². The summed E-state index contributed by atoms with van der Waals surface area (Å²) in [5.74, 6) is -3.70. The number of piperidine rings is 1. The van der Waals surface area contributed by atoms with Crippen molar-refractivity contribution in [3.8, 4) is 5.75 Å². The minimum atomic E-state index is -3.15. The van der Waals surface area contributed by atoms with Gasteiger partial charge in [0.05, 0.1) is 32.2 Å². The SMILES string of the molecule is COc1ccc(C2C(C(=O)NCC(F)(F)CN)CCC(=O)N2C)cc1.Cl. The first-order valence-corrected chi connectivity index (χ1v) is 8.04. The number of nitrogens with one attached hydrogen (secondary N) is 1. The number of amides is 2. The number of hydrogen-bond donors (Lipinski definition) is 2. The third-order valence-electron chi connectivity index (χ3n) is 4.47. The van der Waals surface area contributed by atoms with Gasteiger partial charge in [-0.05, 0) is 24.1 Å². The van der Waals surface area contributed by atoms with Crippen molar-refractivity contribution in [3.05, 3.63) is 29.8 Å². The Bertz CT molecular complexity index is 628. The molecule has 1 aromatic rings. The Labute approximate surface area is 157 Å². The number of halogens is 3. The topological polar surface area (TPSA) is 84.7 Å². The van der Waals surface area contributed by atoms with Gasteiger partial charge in [-0.15, -0.1) is 12.4 Å². The van der Waals surface area contributed by atoms with E-state index in [0.717, 1.165) is 5.56 Å². The Kier molecular flexibility index (Phi) is 7.77. The summed E-state index contributed by atoms with van der Waals surface area (Å²) in [6.07, 6.45) is 0.508. The first-order chi connectivity index (χ1) is 11.8. The van der Waals surface area contributed by atoms with Crippen molar-refractivity contribution in [2.45, 2.75) is 24.8 Å². The van der Waals surface area contributed by atoms with Gasteiger partial charge in [-0.2, -0.15) is 0 Å². The zero-order valence-electron chi connectivity index (χ0n) is 14.7. The van der Waals surface area contributed by atoms with E-state index in [1.807, 2.05) is 0 Å². The molecular formula is C17H24ClF2N3O3. The van der Waals surface area contributed by atoms with Crippen LogP contribution in [0.4, 0.5) is 8.78 Å². The lowest BCUT2D eigenvalue weighted by Gasteiger charge is -2.38. The van der Waals surface area contributed by atoms with E-state index in [2.05, 4.69) is 5.32 Å². The van der Waals surface area contributed by atoms with Gasteiger partial charge in [-0.1, -0.05) is 12.1 Å². The summed E-state index contributed by atoms with van der Waals surface area (Å²) in [6, 6.07) is 6.50. The molecule has 26 heavy (non-hydrogen) atoms. The molecule has 2 atom stereocenters. The molecule has 1 aliphatic heterocycles. The number of hydrogen-bond acceptors (Lipinski definition) is 4. The molecule has 0 saturated carbocycles. The van der Waals surface area contributed by atoms with Gasteiger partial charge in [0.2, 0.25) is 11.8 Å². The van der Waals surface area contributed by atoms with E-state index >= 15 is 0 Å². The second-order valence-electron chi connectivity index (χ2n) is 6.15. The van der Waals surface area contributed by atoms with Crippen molar-refractivity contribution < 1.29 is 23.1 Å². The van der Waals surface area contributed by atoms with Crippen molar-refractivity contribution in [2.24, 2.45) is 11.7 Å². The number of methoxy groups -OCH3 is 1. The van der Waals surface area contributed by atoms with Crippen LogP contribution in [0.15, 0.2) is 24.3 Å². The zero-order chi connectivity index (χ0) is 18.6. The molecule has 1 fully saturated rings. The van der Waals surface area contributed by atoms with Crippen LogP contribution >= 0.6 is 12.4 Å². The largest absolute Gasteiger partial charge is 0.497 e. The fourth-order valence-corrected chi connectivity index (χ4v) is 2.99. The Hall–Kier alpha value is -1.93. The summed E-state index contributed by atoms with van der Waals surface area (Å²) in [4.78, 5) is 26.0. The molecule has 1 aromatic carbocycles. The number of carbonyl (C=O) groups excluding carboxylic acids is 2. The Morgan fingerprint density at radius 3 is 2.54 bits per heavy atom. The van der Waals surface area contributed by atoms with Gasteiger partial charge in [-0.25, -0.2) is 8.78 Å². The molecule has 0 radical (unpaired) electrons. The fourth-order valence-electron chi connectivity index (χ4n) is 2.99. The summed E-state index contributed by atoms with van der Waals surface area (Å²) in [6.45, 7) is -1.65. The van der Waals surface area contributed by atoms with E-state index in [9.17, 15) is 18.4 Å². The summed E-state index contributed by atoms with van der Waals surface area (Å²) in [5, 5.41) is 2.27. The number of nitrogens with two attached hydrogens (primary N) is 1. The van der Waals surface area contributed by atoms with Gasteiger partial charge in [-0.3, -0.25) is 9.59 Å². The van der Waals surface area contributed by atoms with Crippen LogP contribution in [0.25, 0.3) is 0 Å². The molecule has 0 aliphatic carbocycles. The minimum absolute atomic E-state index is 0. The predicted molar refractivity (Wildman–Crippen MR) is 95.5 cm³/mol. The number of rotatable bonds is 6.